The van der Waals surface area contributed by atoms with Gasteiger partial charge >= 0.3 is 0 Å². The summed E-state index contributed by atoms with van der Waals surface area (Å²) in [5.41, 5.74) is 2.33. The Morgan fingerprint density at radius 2 is 1.94 bits per heavy atom. The van der Waals surface area contributed by atoms with E-state index < -0.39 is 0 Å². The van der Waals surface area contributed by atoms with E-state index in [4.69, 9.17) is 0 Å². The van der Waals surface area contributed by atoms with Crippen molar-refractivity contribution in [3.05, 3.63) is 23.9 Å². The maximum absolute atomic E-state index is 4.03. The number of nitrogens with zero attached hydrogens (tertiary/aromatic N) is 2. The average molecular weight is 220 g/mol. The van der Waals surface area contributed by atoms with Crippen molar-refractivity contribution in [1.29, 1.82) is 0 Å². The highest BCUT2D eigenvalue weighted by Crippen LogP contribution is 2.28. The largest absolute Gasteiger partial charge is 0.301 e. The van der Waals surface area contributed by atoms with Crippen molar-refractivity contribution < 1.29 is 0 Å². The third-order valence-corrected chi connectivity index (χ3v) is 3.57. The first-order chi connectivity index (χ1) is 7.60. The highest BCUT2D eigenvalue weighted by atomic mass is 15.1. The molecule has 0 aromatic heterocycles. The lowest BCUT2D eigenvalue weighted by Gasteiger charge is -2.35. The van der Waals surface area contributed by atoms with Crippen molar-refractivity contribution in [2.75, 3.05) is 13.1 Å². The van der Waals surface area contributed by atoms with E-state index >= 15 is 0 Å². The van der Waals surface area contributed by atoms with Gasteiger partial charge in [-0.25, -0.2) is 0 Å². The van der Waals surface area contributed by atoms with Crippen LogP contribution in [0.3, 0.4) is 0 Å². The summed E-state index contributed by atoms with van der Waals surface area (Å²) in [7, 11) is 0. The Labute approximate surface area is 99.8 Å². The molecular weight excluding hydrogens is 196 g/mol. The molecule has 0 N–H and O–H groups in total. The van der Waals surface area contributed by atoms with Crippen LogP contribution in [0.2, 0.25) is 0 Å². The van der Waals surface area contributed by atoms with E-state index in [0.717, 1.165) is 5.70 Å². The second-order valence-electron chi connectivity index (χ2n) is 4.81. The van der Waals surface area contributed by atoms with Gasteiger partial charge in [0.1, 0.15) is 0 Å². The first-order valence-corrected chi connectivity index (χ1v) is 6.14. The molecule has 2 nitrogen and oxygen atoms in total. The number of hydrogen-bond donors (Lipinski definition) is 0. The summed E-state index contributed by atoms with van der Waals surface area (Å²) in [6.45, 7) is 16.4. The second-order valence-corrected chi connectivity index (χ2v) is 4.81. The SMILES string of the molecule is C=C/C(=C(/C)N=C)C1CCN(C(C)C)CC1. The molecule has 0 aromatic carbocycles. The smallest absolute Gasteiger partial charge is 0.0399 e. The van der Waals surface area contributed by atoms with Crippen LogP contribution in [0.4, 0.5) is 0 Å². The molecule has 1 heterocycles. The van der Waals surface area contributed by atoms with Crippen LogP contribution in [-0.4, -0.2) is 30.7 Å². The van der Waals surface area contributed by atoms with Crippen LogP contribution in [0.15, 0.2) is 28.9 Å². The van der Waals surface area contributed by atoms with E-state index in [9.17, 15) is 0 Å². The number of allylic oxidation sites excluding steroid dienone is 3. The summed E-state index contributed by atoms with van der Waals surface area (Å²) in [4.78, 5) is 6.57. The Morgan fingerprint density at radius 3 is 2.31 bits per heavy atom. The Morgan fingerprint density at radius 1 is 1.38 bits per heavy atom. The van der Waals surface area contributed by atoms with Gasteiger partial charge in [-0.2, -0.15) is 0 Å². The molecule has 0 spiro atoms. The zero-order valence-electron chi connectivity index (χ0n) is 10.9. The molecule has 0 unspecified atom stereocenters. The van der Waals surface area contributed by atoms with Gasteiger partial charge in [-0.05, 0) is 64.9 Å². The Bertz CT molecular complexity index is 281. The van der Waals surface area contributed by atoms with E-state index in [-0.39, 0.29) is 0 Å². The van der Waals surface area contributed by atoms with Crippen LogP contribution in [-0.2, 0) is 0 Å². The fourth-order valence-electron chi connectivity index (χ4n) is 2.43. The molecule has 0 radical (unpaired) electrons. The Kier molecular flexibility index (Phi) is 4.94. The summed E-state index contributed by atoms with van der Waals surface area (Å²) >= 11 is 0. The van der Waals surface area contributed by atoms with Crippen molar-refractivity contribution in [3.63, 3.8) is 0 Å². The zero-order chi connectivity index (χ0) is 12.1. The van der Waals surface area contributed by atoms with Crippen LogP contribution in [0, 0.1) is 5.92 Å². The molecule has 0 atom stereocenters. The van der Waals surface area contributed by atoms with Crippen molar-refractivity contribution in [2.45, 2.75) is 39.7 Å². The van der Waals surface area contributed by atoms with Crippen molar-refractivity contribution >= 4 is 6.72 Å². The average Bonchev–Trinajstić information content (AvgIpc) is 2.30. The fraction of sp³-hybridized carbons (Fsp3) is 0.643. The van der Waals surface area contributed by atoms with Crippen molar-refractivity contribution in [2.24, 2.45) is 10.9 Å². The van der Waals surface area contributed by atoms with Crippen molar-refractivity contribution in [3.8, 4) is 0 Å². The molecule has 90 valence electrons. The Hall–Kier alpha value is -0.890. The van der Waals surface area contributed by atoms with Gasteiger partial charge in [0, 0.05) is 11.7 Å². The lowest BCUT2D eigenvalue weighted by atomic mass is 9.87. The number of piperidine rings is 1. The maximum Gasteiger partial charge on any atom is 0.0399 e. The van der Waals surface area contributed by atoms with Crippen LogP contribution in [0.1, 0.15) is 33.6 Å². The van der Waals surface area contributed by atoms with Crippen LogP contribution >= 0.6 is 0 Å². The first kappa shape index (κ1) is 13.2. The molecule has 1 rings (SSSR count). The van der Waals surface area contributed by atoms with Gasteiger partial charge < -0.3 is 4.90 Å². The van der Waals surface area contributed by atoms with Gasteiger partial charge in [-0.15, -0.1) is 0 Å². The highest BCUT2D eigenvalue weighted by Gasteiger charge is 2.23. The summed E-state index contributed by atoms with van der Waals surface area (Å²) in [5, 5.41) is 0. The Balaban J connectivity index is 2.65. The quantitative estimate of drug-likeness (QED) is 0.524. The van der Waals surface area contributed by atoms with Gasteiger partial charge in [-0.1, -0.05) is 12.7 Å². The summed E-state index contributed by atoms with van der Waals surface area (Å²) < 4.78 is 0. The van der Waals surface area contributed by atoms with Gasteiger partial charge in [0.2, 0.25) is 0 Å². The molecule has 1 aliphatic heterocycles. The number of likely N-dealkylation sites (tertiary alicyclic amines) is 1. The van der Waals surface area contributed by atoms with Gasteiger partial charge in [0.25, 0.3) is 0 Å². The highest BCUT2D eigenvalue weighted by molar-refractivity contribution is 5.34. The number of hydrogen-bond acceptors (Lipinski definition) is 2. The second kappa shape index (κ2) is 6.00. The molecule has 0 aliphatic carbocycles. The monoisotopic (exact) mass is 220 g/mol. The third-order valence-electron chi connectivity index (χ3n) is 3.57. The molecule has 1 aliphatic rings. The molecule has 1 fully saturated rings. The number of rotatable bonds is 4. The van der Waals surface area contributed by atoms with Gasteiger partial charge in [0.05, 0.1) is 0 Å². The zero-order valence-corrected chi connectivity index (χ0v) is 10.9. The standard InChI is InChI=1S/C14H24N2/c1-6-14(12(4)15-5)13-7-9-16(10-8-13)11(2)3/h6,11,13H,1,5,7-10H2,2-4H3/b14-12+. The predicted molar refractivity (Wildman–Crippen MR) is 71.9 cm³/mol. The topological polar surface area (TPSA) is 15.6 Å². The van der Waals surface area contributed by atoms with E-state index in [1.165, 1.54) is 31.5 Å². The lowest BCUT2D eigenvalue weighted by Crippen LogP contribution is -2.38. The molecule has 0 bridgehead atoms. The lowest BCUT2D eigenvalue weighted by molar-refractivity contribution is 0.161. The van der Waals surface area contributed by atoms with E-state index in [2.05, 4.69) is 37.0 Å². The molecule has 16 heavy (non-hydrogen) atoms. The summed E-state index contributed by atoms with van der Waals surface area (Å²) in [5.74, 6) is 0.623. The van der Waals surface area contributed by atoms with Crippen molar-refractivity contribution in [1.82, 2.24) is 4.90 Å². The molecule has 0 amide bonds. The van der Waals surface area contributed by atoms with Crippen LogP contribution in [0.25, 0.3) is 0 Å². The molecule has 2 heteroatoms. The van der Waals surface area contributed by atoms with Gasteiger partial charge in [-0.3, -0.25) is 4.99 Å². The predicted octanol–water partition coefficient (Wildman–Crippen LogP) is 3.27. The van der Waals surface area contributed by atoms with E-state index in [1.807, 2.05) is 13.0 Å². The minimum Gasteiger partial charge on any atom is -0.301 e. The summed E-state index contributed by atoms with van der Waals surface area (Å²) in [6.07, 6.45) is 4.39. The van der Waals surface area contributed by atoms with E-state index in [1.54, 1.807) is 0 Å². The van der Waals surface area contributed by atoms with Crippen LogP contribution < -0.4 is 0 Å². The molecule has 0 saturated carbocycles. The van der Waals surface area contributed by atoms with E-state index in [0.29, 0.717) is 12.0 Å². The maximum atomic E-state index is 4.03. The number of aliphatic imine (C=N–C) groups is 1. The molecule has 1 saturated heterocycles. The minimum atomic E-state index is 0.623. The van der Waals surface area contributed by atoms with Crippen LogP contribution in [0.5, 0.6) is 0 Å². The third kappa shape index (κ3) is 3.05. The fourth-order valence-corrected chi connectivity index (χ4v) is 2.43. The summed E-state index contributed by atoms with van der Waals surface area (Å²) in [6, 6.07) is 0.663. The molecule has 0 aromatic rings. The molecular formula is C14H24N2. The first-order valence-electron chi connectivity index (χ1n) is 6.14. The minimum absolute atomic E-state index is 0.623. The van der Waals surface area contributed by atoms with Gasteiger partial charge in [0.15, 0.2) is 0 Å². The normalized spacial score (nSPS) is 20.8.